The first kappa shape index (κ1) is 20.3. The molecule has 6 nitrogen and oxygen atoms in total. The topological polar surface area (TPSA) is 77.7 Å². The highest BCUT2D eigenvalue weighted by Crippen LogP contribution is 2.31. The van der Waals surface area contributed by atoms with Gasteiger partial charge < -0.3 is 20.9 Å². The zero-order valence-corrected chi connectivity index (χ0v) is 19.1. The van der Waals surface area contributed by atoms with Crippen LogP contribution in [0.2, 0.25) is 0 Å². The molecule has 0 radical (unpaired) electrons. The maximum Gasteiger partial charge on any atom is 0.229 e. The van der Waals surface area contributed by atoms with Gasteiger partial charge in [0.15, 0.2) is 0 Å². The van der Waals surface area contributed by atoms with Gasteiger partial charge in [-0.3, -0.25) is 0 Å². The number of fused-ring (bicyclic) bond motifs is 1. The van der Waals surface area contributed by atoms with E-state index in [0.29, 0.717) is 5.95 Å². The quantitative estimate of drug-likeness (QED) is 0.339. The van der Waals surface area contributed by atoms with Crippen LogP contribution in [0.4, 0.5) is 17.5 Å². The summed E-state index contributed by atoms with van der Waals surface area (Å²) in [7, 11) is 0. The summed E-state index contributed by atoms with van der Waals surface area (Å²) in [6, 6.07) is 6.34. The largest absolute Gasteiger partial charge is 0.365 e. The molecule has 0 saturated carbocycles. The average molecular weight is 479 g/mol. The van der Waals surface area contributed by atoms with E-state index >= 15 is 0 Å². The first-order valence-electron chi connectivity index (χ1n) is 11.0. The molecule has 0 amide bonds. The molecular weight excluding hydrogens is 452 g/mol. The van der Waals surface area contributed by atoms with E-state index in [1.165, 1.54) is 47.8 Å². The Morgan fingerprint density at radius 3 is 2.94 bits per heavy atom. The molecule has 3 heterocycles. The van der Waals surface area contributed by atoms with E-state index in [9.17, 15) is 0 Å². The normalized spacial score (nSPS) is 16.7. The van der Waals surface area contributed by atoms with Crippen LogP contribution >= 0.6 is 15.9 Å². The number of allylic oxidation sites excluding steroid dienone is 1. The van der Waals surface area contributed by atoms with E-state index < -0.39 is 0 Å². The van der Waals surface area contributed by atoms with Gasteiger partial charge in [0.2, 0.25) is 5.95 Å². The predicted molar refractivity (Wildman–Crippen MR) is 132 cm³/mol. The first-order valence-corrected chi connectivity index (χ1v) is 11.8. The Morgan fingerprint density at radius 1 is 1.13 bits per heavy atom. The van der Waals surface area contributed by atoms with Gasteiger partial charge in [0.1, 0.15) is 5.82 Å². The van der Waals surface area contributed by atoms with Crippen molar-refractivity contribution in [3.63, 3.8) is 0 Å². The molecule has 0 bridgehead atoms. The summed E-state index contributed by atoms with van der Waals surface area (Å²) in [6.07, 6.45) is 14.5. The van der Waals surface area contributed by atoms with Gasteiger partial charge in [-0.25, -0.2) is 4.98 Å². The van der Waals surface area contributed by atoms with Crippen LogP contribution in [0.1, 0.15) is 37.7 Å². The van der Waals surface area contributed by atoms with Crippen molar-refractivity contribution in [1.29, 1.82) is 0 Å². The average Bonchev–Trinajstić information content (AvgIpc) is 3.24. The van der Waals surface area contributed by atoms with Crippen molar-refractivity contribution in [2.24, 2.45) is 0 Å². The van der Waals surface area contributed by atoms with Gasteiger partial charge in [0, 0.05) is 47.6 Å². The van der Waals surface area contributed by atoms with E-state index in [4.69, 9.17) is 4.98 Å². The van der Waals surface area contributed by atoms with Crippen LogP contribution in [0.15, 0.2) is 52.8 Å². The van der Waals surface area contributed by atoms with Gasteiger partial charge in [-0.05, 0) is 78.4 Å². The van der Waals surface area contributed by atoms with E-state index in [1.54, 1.807) is 6.20 Å². The Morgan fingerprint density at radius 2 is 2.10 bits per heavy atom. The SMILES string of the molecule is Brc1cnc(Nc2ccc3[nH]cc(C4=CCNCC4)c3c2)nc1NCC1=CCCCC1. The number of rotatable bonds is 6. The summed E-state index contributed by atoms with van der Waals surface area (Å²) < 4.78 is 0.871. The molecule has 31 heavy (non-hydrogen) atoms. The highest BCUT2D eigenvalue weighted by Gasteiger charge is 2.13. The van der Waals surface area contributed by atoms with Crippen LogP contribution in [0.5, 0.6) is 0 Å². The lowest BCUT2D eigenvalue weighted by atomic mass is 9.99. The lowest BCUT2D eigenvalue weighted by molar-refractivity contribution is 0.695. The molecule has 1 aliphatic carbocycles. The molecule has 1 aromatic carbocycles. The standard InChI is InChI=1S/C24H27BrN6/c25-21-15-29-24(31-23(21)28-13-16-4-2-1-3-5-16)30-18-6-7-22-19(12-18)20(14-27-22)17-8-10-26-11-9-17/h4,6-8,12,14-15,26-27H,1-3,5,9-11,13H2,(H2,28,29,30,31). The number of nitrogens with zero attached hydrogens (tertiary/aromatic N) is 2. The molecule has 4 N–H and O–H groups in total. The van der Waals surface area contributed by atoms with Gasteiger partial charge in [-0.15, -0.1) is 0 Å². The third-order valence-electron chi connectivity index (χ3n) is 5.96. The molecule has 0 unspecified atom stereocenters. The van der Waals surface area contributed by atoms with E-state index in [0.717, 1.165) is 47.5 Å². The van der Waals surface area contributed by atoms with Crippen LogP contribution in [-0.2, 0) is 0 Å². The highest BCUT2D eigenvalue weighted by molar-refractivity contribution is 9.10. The summed E-state index contributed by atoms with van der Waals surface area (Å²) in [5, 5.41) is 11.4. The molecule has 2 aromatic heterocycles. The lowest BCUT2D eigenvalue weighted by Crippen LogP contribution is -2.19. The fourth-order valence-electron chi connectivity index (χ4n) is 4.27. The van der Waals surface area contributed by atoms with Crippen LogP contribution < -0.4 is 16.0 Å². The minimum Gasteiger partial charge on any atom is -0.365 e. The fourth-order valence-corrected chi connectivity index (χ4v) is 4.61. The summed E-state index contributed by atoms with van der Waals surface area (Å²) in [5.41, 5.74) is 6.25. The van der Waals surface area contributed by atoms with Crippen LogP contribution in [-0.4, -0.2) is 34.6 Å². The van der Waals surface area contributed by atoms with Crippen molar-refractivity contribution >= 4 is 49.9 Å². The van der Waals surface area contributed by atoms with Gasteiger partial charge >= 0.3 is 0 Å². The summed E-state index contributed by atoms with van der Waals surface area (Å²) in [4.78, 5) is 12.6. The van der Waals surface area contributed by atoms with E-state index in [1.807, 2.05) is 0 Å². The zero-order valence-electron chi connectivity index (χ0n) is 17.5. The number of aromatic amines is 1. The Balaban J connectivity index is 1.35. The minimum absolute atomic E-state index is 0.584. The molecule has 7 heteroatoms. The molecule has 0 saturated heterocycles. The monoisotopic (exact) mass is 478 g/mol. The van der Waals surface area contributed by atoms with Crippen molar-refractivity contribution in [1.82, 2.24) is 20.3 Å². The summed E-state index contributed by atoms with van der Waals surface area (Å²) >= 11 is 3.57. The molecular formula is C24H27BrN6. The van der Waals surface area contributed by atoms with Crippen molar-refractivity contribution in [3.05, 3.63) is 58.4 Å². The van der Waals surface area contributed by atoms with Gasteiger partial charge in [-0.2, -0.15) is 4.98 Å². The van der Waals surface area contributed by atoms with Crippen LogP contribution in [0.3, 0.4) is 0 Å². The number of nitrogens with one attached hydrogen (secondary N) is 4. The molecule has 3 aromatic rings. The second-order valence-electron chi connectivity index (χ2n) is 8.12. The molecule has 5 rings (SSSR count). The van der Waals surface area contributed by atoms with Gasteiger partial charge in [0.05, 0.1) is 4.47 Å². The number of anilines is 3. The molecule has 0 fully saturated rings. The highest BCUT2D eigenvalue weighted by atomic mass is 79.9. The number of aromatic nitrogens is 3. The van der Waals surface area contributed by atoms with Crippen molar-refractivity contribution in [3.8, 4) is 0 Å². The first-order chi connectivity index (χ1) is 15.3. The number of H-pyrrole nitrogens is 1. The zero-order chi connectivity index (χ0) is 21.0. The summed E-state index contributed by atoms with van der Waals surface area (Å²) in [5.74, 6) is 1.40. The van der Waals surface area contributed by atoms with Crippen LogP contribution in [0, 0.1) is 0 Å². The second-order valence-corrected chi connectivity index (χ2v) is 8.98. The maximum atomic E-state index is 4.70. The number of benzene rings is 1. The van der Waals surface area contributed by atoms with Gasteiger partial charge in [-0.1, -0.05) is 17.7 Å². The molecule has 0 atom stereocenters. The predicted octanol–water partition coefficient (Wildman–Crippen LogP) is 5.75. The Hall–Kier alpha value is -2.64. The van der Waals surface area contributed by atoms with Crippen molar-refractivity contribution in [2.75, 3.05) is 30.3 Å². The molecule has 1 aliphatic heterocycles. The lowest BCUT2D eigenvalue weighted by Gasteiger charge is -2.15. The smallest absolute Gasteiger partial charge is 0.229 e. The Kier molecular flexibility index (Phi) is 6.04. The maximum absolute atomic E-state index is 4.70. The number of hydrogen-bond donors (Lipinski definition) is 4. The number of hydrogen-bond acceptors (Lipinski definition) is 5. The summed E-state index contributed by atoms with van der Waals surface area (Å²) in [6.45, 7) is 2.78. The third-order valence-corrected chi connectivity index (χ3v) is 6.54. The third kappa shape index (κ3) is 4.67. The van der Waals surface area contributed by atoms with Crippen molar-refractivity contribution in [2.45, 2.75) is 32.1 Å². The van der Waals surface area contributed by atoms with E-state index in [2.05, 4.69) is 78.4 Å². The van der Waals surface area contributed by atoms with Crippen LogP contribution in [0.25, 0.3) is 16.5 Å². The van der Waals surface area contributed by atoms with E-state index in [-0.39, 0.29) is 0 Å². The van der Waals surface area contributed by atoms with Gasteiger partial charge in [0.25, 0.3) is 0 Å². The Bertz CT molecular complexity index is 1150. The minimum atomic E-state index is 0.584. The molecule has 2 aliphatic rings. The molecule has 160 valence electrons. The second kappa shape index (κ2) is 9.24. The van der Waals surface area contributed by atoms with Crippen molar-refractivity contribution < 1.29 is 0 Å². The number of halogens is 1. The molecule has 0 spiro atoms. The Labute approximate surface area is 190 Å². The fraction of sp³-hybridized carbons (Fsp3) is 0.333.